The van der Waals surface area contributed by atoms with E-state index in [2.05, 4.69) is 26.8 Å². The van der Waals surface area contributed by atoms with Crippen molar-refractivity contribution in [3.8, 4) is 0 Å². The number of allylic oxidation sites excluding steroid dienone is 4. The van der Waals surface area contributed by atoms with Gasteiger partial charge in [-0.2, -0.15) is 0 Å². The molecule has 0 aromatic rings. The summed E-state index contributed by atoms with van der Waals surface area (Å²) >= 11 is 0. The minimum atomic E-state index is 0.507. The van der Waals surface area contributed by atoms with Crippen molar-refractivity contribution in [2.45, 2.75) is 46.5 Å². The maximum atomic E-state index is 5.44. The lowest BCUT2D eigenvalue weighted by Crippen LogP contribution is -2.26. The zero-order valence-electron chi connectivity index (χ0n) is 10.4. The minimum absolute atomic E-state index is 0.507. The zero-order valence-corrected chi connectivity index (χ0v) is 10.4. The lowest BCUT2D eigenvalue weighted by molar-refractivity contribution is 0.210. The highest BCUT2D eigenvalue weighted by Crippen LogP contribution is 2.46. The van der Waals surface area contributed by atoms with Gasteiger partial charge in [-0.1, -0.05) is 25.5 Å². The molecular formula is C14H22O. The summed E-state index contributed by atoms with van der Waals surface area (Å²) in [5.41, 5.74) is 3.50. The maximum absolute atomic E-state index is 5.44. The summed E-state index contributed by atoms with van der Waals surface area (Å²) in [4.78, 5) is 0. The lowest BCUT2D eigenvalue weighted by atomic mass is 9.67. The molecule has 0 saturated heterocycles. The monoisotopic (exact) mass is 206 g/mol. The Hall–Kier alpha value is -0.720. The van der Waals surface area contributed by atoms with E-state index in [0.29, 0.717) is 5.41 Å². The van der Waals surface area contributed by atoms with E-state index in [1.54, 1.807) is 12.7 Å². The van der Waals surface area contributed by atoms with Gasteiger partial charge in [-0.05, 0) is 43.1 Å². The Bertz CT molecular complexity index is 320. The number of methoxy groups -OCH3 is 1. The predicted molar refractivity (Wildman–Crippen MR) is 63.5 cm³/mol. The predicted octanol–water partition coefficient (Wildman–Crippen LogP) is 4.06. The van der Waals surface area contributed by atoms with E-state index in [4.69, 9.17) is 4.74 Å². The van der Waals surface area contributed by atoms with Crippen LogP contribution >= 0.6 is 0 Å². The highest BCUT2D eigenvalue weighted by molar-refractivity contribution is 5.33. The first-order valence-electron chi connectivity index (χ1n) is 5.96. The SMILES string of the molecule is COC1=C(C)C=C2CC(C)(C)CCC2C1. The van der Waals surface area contributed by atoms with E-state index >= 15 is 0 Å². The number of rotatable bonds is 1. The molecule has 0 bridgehead atoms. The van der Waals surface area contributed by atoms with E-state index < -0.39 is 0 Å². The smallest absolute Gasteiger partial charge is 0.0990 e. The largest absolute Gasteiger partial charge is 0.501 e. The van der Waals surface area contributed by atoms with Gasteiger partial charge in [0.25, 0.3) is 0 Å². The molecule has 1 fully saturated rings. The van der Waals surface area contributed by atoms with E-state index in [0.717, 1.165) is 12.3 Å². The second-order valence-electron chi connectivity index (χ2n) is 5.81. The normalized spacial score (nSPS) is 29.6. The summed E-state index contributed by atoms with van der Waals surface area (Å²) in [7, 11) is 1.80. The van der Waals surface area contributed by atoms with Crippen LogP contribution in [0.2, 0.25) is 0 Å². The van der Waals surface area contributed by atoms with Crippen LogP contribution in [-0.4, -0.2) is 7.11 Å². The van der Waals surface area contributed by atoms with E-state index in [1.807, 2.05) is 0 Å². The van der Waals surface area contributed by atoms with Crippen LogP contribution in [0.25, 0.3) is 0 Å². The highest BCUT2D eigenvalue weighted by atomic mass is 16.5. The Morgan fingerprint density at radius 1 is 1.40 bits per heavy atom. The van der Waals surface area contributed by atoms with Crippen LogP contribution in [0.3, 0.4) is 0 Å². The van der Waals surface area contributed by atoms with Gasteiger partial charge in [0.15, 0.2) is 0 Å². The molecule has 1 atom stereocenters. The Morgan fingerprint density at radius 2 is 2.13 bits per heavy atom. The fourth-order valence-electron chi connectivity index (χ4n) is 2.93. The number of ether oxygens (including phenoxy) is 1. The standard InChI is InChI=1S/C14H22O/c1-10-7-12-9-14(2,3)6-5-11(12)8-13(10)15-4/h7,11H,5-6,8-9H2,1-4H3. The Morgan fingerprint density at radius 3 is 2.80 bits per heavy atom. The molecule has 84 valence electrons. The highest BCUT2D eigenvalue weighted by Gasteiger charge is 2.33. The van der Waals surface area contributed by atoms with Crippen molar-refractivity contribution in [2.75, 3.05) is 7.11 Å². The Balaban J connectivity index is 2.23. The molecule has 1 unspecified atom stereocenters. The molecule has 0 N–H and O–H groups in total. The van der Waals surface area contributed by atoms with Crippen molar-refractivity contribution in [1.29, 1.82) is 0 Å². The topological polar surface area (TPSA) is 9.23 Å². The third kappa shape index (κ3) is 2.11. The van der Waals surface area contributed by atoms with Crippen molar-refractivity contribution in [2.24, 2.45) is 11.3 Å². The number of hydrogen-bond donors (Lipinski definition) is 0. The van der Waals surface area contributed by atoms with E-state index in [1.165, 1.54) is 30.6 Å². The molecule has 0 amide bonds. The molecule has 1 nitrogen and oxygen atoms in total. The van der Waals surface area contributed by atoms with Gasteiger partial charge >= 0.3 is 0 Å². The minimum Gasteiger partial charge on any atom is -0.501 e. The van der Waals surface area contributed by atoms with Gasteiger partial charge in [0.1, 0.15) is 0 Å². The summed E-state index contributed by atoms with van der Waals surface area (Å²) in [5, 5.41) is 0. The van der Waals surface area contributed by atoms with Crippen LogP contribution in [0.1, 0.15) is 46.5 Å². The molecule has 0 spiro atoms. The first-order chi connectivity index (χ1) is 7.02. The average molecular weight is 206 g/mol. The maximum Gasteiger partial charge on any atom is 0.0990 e. The third-order valence-electron chi connectivity index (χ3n) is 3.90. The molecule has 15 heavy (non-hydrogen) atoms. The molecule has 0 aromatic heterocycles. The number of fused-ring (bicyclic) bond motifs is 1. The van der Waals surface area contributed by atoms with Gasteiger partial charge in [-0.3, -0.25) is 0 Å². The summed E-state index contributed by atoms with van der Waals surface area (Å²) in [6.45, 7) is 6.94. The molecule has 2 aliphatic rings. The molecule has 2 rings (SSSR count). The van der Waals surface area contributed by atoms with Crippen LogP contribution < -0.4 is 0 Å². The molecular weight excluding hydrogens is 184 g/mol. The van der Waals surface area contributed by atoms with E-state index in [-0.39, 0.29) is 0 Å². The van der Waals surface area contributed by atoms with Crippen LogP contribution in [0.15, 0.2) is 23.0 Å². The molecule has 0 heterocycles. The Labute approximate surface area is 93.2 Å². The molecule has 2 aliphatic carbocycles. The van der Waals surface area contributed by atoms with Gasteiger partial charge in [0, 0.05) is 6.42 Å². The van der Waals surface area contributed by atoms with Crippen LogP contribution in [0, 0.1) is 11.3 Å². The third-order valence-corrected chi connectivity index (χ3v) is 3.90. The molecule has 0 aliphatic heterocycles. The van der Waals surface area contributed by atoms with Gasteiger partial charge in [0.05, 0.1) is 12.9 Å². The van der Waals surface area contributed by atoms with Gasteiger partial charge in [-0.15, -0.1) is 0 Å². The summed E-state index contributed by atoms with van der Waals surface area (Å²) in [5.74, 6) is 1.96. The van der Waals surface area contributed by atoms with Crippen molar-refractivity contribution in [1.82, 2.24) is 0 Å². The molecule has 0 aromatic carbocycles. The first kappa shape index (κ1) is 10.8. The van der Waals surface area contributed by atoms with Crippen LogP contribution in [0.5, 0.6) is 0 Å². The summed E-state index contributed by atoms with van der Waals surface area (Å²) in [6.07, 6.45) is 7.45. The van der Waals surface area contributed by atoms with Crippen LogP contribution in [0.4, 0.5) is 0 Å². The second kappa shape index (κ2) is 3.70. The van der Waals surface area contributed by atoms with E-state index in [9.17, 15) is 0 Å². The number of hydrogen-bond acceptors (Lipinski definition) is 1. The summed E-state index contributed by atoms with van der Waals surface area (Å²) in [6, 6.07) is 0. The fourth-order valence-corrected chi connectivity index (χ4v) is 2.93. The van der Waals surface area contributed by atoms with Crippen molar-refractivity contribution < 1.29 is 4.74 Å². The van der Waals surface area contributed by atoms with Crippen molar-refractivity contribution >= 4 is 0 Å². The molecule has 1 saturated carbocycles. The lowest BCUT2D eigenvalue weighted by Gasteiger charge is -2.39. The quantitative estimate of drug-likeness (QED) is 0.628. The molecule has 1 heteroatoms. The second-order valence-corrected chi connectivity index (χ2v) is 5.81. The fraction of sp³-hybridized carbons (Fsp3) is 0.714. The molecule has 0 radical (unpaired) electrons. The van der Waals surface area contributed by atoms with Crippen molar-refractivity contribution in [3.05, 3.63) is 23.0 Å². The Kier molecular flexibility index (Phi) is 2.66. The van der Waals surface area contributed by atoms with Gasteiger partial charge < -0.3 is 4.74 Å². The van der Waals surface area contributed by atoms with Crippen LogP contribution in [-0.2, 0) is 4.74 Å². The van der Waals surface area contributed by atoms with Gasteiger partial charge in [0.2, 0.25) is 0 Å². The van der Waals surface area contributed by atoms with Gasteiger partial charge in [-0.25, -0.2) is 0 Å². The average Bonchev–Trinajstić information content (AvgIpc) is 2.15. The first-order valence-corrected chi connectivity index (χ1v) is 5.96. The zero-order chi connectivity index (χ0) is 11.1. The van der Waals surface area contributed by atoms with Crippen molar-refractivity contribution in [3.63, 3.8) is 0 Å². The summed E-state index contributed by atoms with van der Waals surface area (Å²) < 4.78 is 5.44.